The molecule has 1 unspecified atom stereocenters. The molecular weight excluding hydrogens is 170 g/mol. The summed E-state index contributed by atoms with van der Waals surface area (Å²) in [4.78, 5) is 10.4. The molecule has 1 aromatic rings. The van der Waals surface area contributed by atoms with Crippen molar-refractivity contribution in [2.45, 2.75) is 19.5 Å². The SMILES string of the molecule is CC(NCc1ccn(C)n1)C(=O)O. The van der Waals surface area contributed by atoms with E-state index in [0.29, 0.717) is 6.54 Å². The van der Waals surface area contributed by atoms with Gasteiger partial charge < -0.3 is 5.11 Å². The van der Waals surface area contributed by atoms with Crippen LogP contribution in [0.15, 0.2) is 12.3 Å². The highest BCUT2D eigenvalue weighted by Crippen LogP contribution is 1.94. The summed E-state index contributed by atoms with van der Waals surface area (Å²) in [5.74, 6) is -0.851. The number of carbonyl (C=O) groups is 1. The highest BCUT2D eigenvalue weighted by molar-refractivity contribution is 5.72. The lowest BCUT2D eigenvalue weighted by Gasteiger charge is -2.06. The van der Waals surface area contributed by atoms with Gasteiger partial charge in [-0.05, 0) is 13.0 Å². The monoisotopic (exact) mass is 183 g/mol. The Kier molecular flexibility index (Phi) is 3.02. The number of nitrogens with one attached hydrogen (secondary N) is 1. The molecule has 13 heavy (non-hydrogen) atoms. The van der Waals surface area contributed by atoms with Crippen molar-refractivity contribution in [3.05, 3.63) is 18.0 Å². The van der Waals surface area contributed by atoms with E-state index in [4.69, 9.17) is 5.11 Å². The highest BCUT2D eigenvalue weighted by atomic mass is 16.4. The molecule has 1 atom stereocenters. The lowest BCUT2D eigenvalue weighted by atomic mass is 10.3. The van der Waals surface area contributed by atoms with Crippen molar-refractivity contribution in [2.24, 2.45) is 7.05 Å². The molecule has 0 bridgehead atoms. The molecule has 0 aliphatic carbocycles. The zero-order valence-electron chi connectivity index (χ0n) is 7.69. The summed E-state index contributed by atoms with van der Waals surface area (Å²) >= 11 is 0. The van der Waals surface area contributed by atoms with Crippen LogP contribution in [0.3, 0.4) is 0 Å². The number of carboxylic acids is 1. The molecule has 1 heterocycles. The Hall–Kier alpha value is -1.36. The van der Waals surface area contributed by atoms with E-state index in [-0.39, 0.29) is 0 Å². The van der Waals surface area contributed by atoms with Gasteiger partial charge in [0.05, 0.1) is 5.69 Å². The number of rotatable bonds is 4. The van der Waals surface area contributed by atoms with Gasteiger partial charge in [0.1, 0.15) is 6.04 Å². The van der Waals surface area contributed by atoms with Gasteiger partial charge in [0.2, 0.25) is 0 Å². The first-order valence-corrected chi connectivity index (χ1v) is 4.04. The number of hydrogen-bond donors (Lipinski definition) is 2. The number of nitrogens with zero attached hydrogens (tertiary/aromatic N) is 2. The molecular formula is C8H13N3O2. The molecule has 0 saturated heterocycles. The van der Waals surface area contributed by atoms with Crippen molar-refractivity contribution >= 4 is 5.97 Å². The van der Waals surface area contributed by atoms with Crippen molar-refractivity contribution in [2.75, 3.05) is 0 Å². The molecule has 0 aliphatic rings. The van der Waals surface area contributed by atoms with Crippen LogP contribution in [0.2, 0.25) is 0 Å². The molecule has 0 amide bonds. The molecule has 0 aromatic carbocycles. The zero-order chi connectivity index (χ0) is 9.84. The smallest absolute Gasteiger partial charge is 0.320 e. The molecule has 1 rings (SSSR count). The van der Waals surface area contributed by atoms with Crippen LogP contribution in [0.1, 0.15) is 12.6 Å². The number of aliphatic carboxylic acids is 1. The van der Waals surface area contributed by atoms with E-state index in [2.05, 4.69) is 10.4 Å². The Labute approximate surface area is 76.4 Å². The van der Waals surface area contributed by atoms with Gasteiger partial charge in [-0.15, -0.1) is 0 Å². The summed E-state index contributed by atoms with van der Waals surface area (Å²) in [6.45, 7) is 2.08. The summed E-state index contributed by atoms with van der Waals surface area (Å²) in [5.41, 5.74) is 0.843. The minimum Gasteiger partial charge on any atom is -0.480 e. The lowest BCUT2D eigenvalue weighted by Crippen LogP contribution is -2.33. The van der Waals surface area contributed by atoms with Gasteiger partial charge in [-0.25, -0.2) is 0 Å². The second-order valence-corrected chi connectivity index (χ2v) is 2.92. The number of aryl methyl sites for hydroxylation is 1. The van der Waals surface area contributed by atoms with Gasteiger partial charge in [0.25, 0.3) is 0 Å². The predicted octanol–water partition coefficient (Wildman–Crippen LogP) is -0.0172. The molecule has 0 fully saturated rings. The van der Waals surface area contributed by atoms with Crippen molar-refractivity contribution in [1.82, 2.24) is 15.1 Å². The first-order chi connectivity index (χ1) is 6.09. The lowest BCUT2D eigenvalue weighted by molar-refractivity contribution is -0.139. The third-order valence-corrected chi connectivity index (χ3v) is 1.73. The molecule has 5 nitrogen and oxygen atoms in total. The van der Waals surface area contributed by atoms with E-state index in [1.54, 1.807) is 11.6 Å². The Morgan fingerprint density at radius 3 is 3.00 bits per heavy atom. The van der Waals surface area contributed by atoms with E-state index < -0.39 is 12.0 Å². The first kappa shape index (κ1) is 9.73. The summed E-state index contributed by atoms with van der Waals surface area (Å²) in [6, 6.07) is 1.31. The van der Waals surface area contributed by atoms with Crippen LogP contribution >= 0.6 is 0 Å². The van der Waals surface area contributed by atoms with Crippen LogP contribution in [0.4, 0.5) is 0 Å². The van der Waals surface area contributed by atoms with Crippen LogP contribution in [0, 0.1) is 0 Å². The van der Waals surface area contributed by atoms with Crippen molar-refractivity contribution < 1.29 is 9.90 Å². The Morgan fingerprint density at radius 1 is 1.85 bits per heavy atom. The molecule has 5 heteroatoms. The number of aromatic nitrogens is 2. The van der Waals surface area contributed by atoms with E-state index in [0.717, 1.165) is 5.69 Å². The van der Waals surface area contributed by atoms with E-state index in [1.165, 1.54) is 0 Å². The minimum atomic E-state index is -0.851. The molecule has 0 aliphatic heterocycles. The van der Waals surface area contributed by atoms with Gasteiger partial charge in [0.15, 0.2) is 0 Å². The van der Waals surface area contributed by atoms with Crippen LogP contribution in [-0.4, -0.2) is 26.9 Å². The normalized spacial score (nSPS) is 12.8. The maximum Gasteiger partial charge on any atom is 0.320 e. The largest absolute Gasteiger partial charge is 0.480 e. The maximum atomic E-state index is 10.4. The fourth-order valence-corrected chi connectivity index (χ4v) is 0.902. The van der Waals surface area contributed by atoms with E-state index >= 15 is 0 Å². The van der Waals surface area contributed by atoms with E-state index in [9.17, 15) is 4.79 Å². The summed E-state index contributed by atoms with van der Waals surface area (Å²) in [5, 5.41) is 15.5. The summed E-state index contributed by atoms with van der Waals surface area (Å²) in [7, 11) is 1.82. The molecule has 0 spiro atoms. The van der Waals surface area contributed by atoms with Gasteiger partial charge >= 0.3 is 5.97 Å². The first-order valence-electron chi connectivity index (χ1n) is 4.04. The maximum absolute atomic E-state index is 10.4. The molecule has 1 aromatic heterocycles. The average Bonchev–Trinajstić information content (AvgIpc) is 2.47. The van der Waals surface area contributed by atoms with Crippen molar-refractivity contribution in [3.8, 4) is 0 Å². The minimum absolute atomic E-state index is 0.480. The summed E-state index contributed by atoms with van der Waals surface area (Å²) < 4.78 is 1.68. The van der Waals surface area contributed by atoms with Gasteiger partial charge in [-0.2, -0.15) is 5.10 Å². The van der Waals surface area contributed by atoms with E-state index in [1.807, 2.05) is 19.3 Å². The van der Waals surface area contributed by atoms with Crippen LogP contribution in [0.25, 0.3) is 0 Å². The van der Waals surface area contributed by atoms with Gasteiger partial charge in [-0.3, -0.25) is 14.8 Å². The second-order valence-electron chi connectivity index (χ2n) is 2.92. The third-order valence-electron chi connectivity index (χ3n) is 1.73. The molecule has 2 N–H and O–H groups in total. The molecule has 72 valence electrons. The molecule has 0 radical (unpaired) electrons. The Bertz CT molecular complexity index is 295. The Balaban J connectivity index is 2.39. The number of hydrogen-bond acceptors (Lipinski definition) is 3. The van der Waals surface area contributed by atoms with Crippen LogP contribution in [-0.2, 0) is 18.4 Å². The van der Waals surface area contributed by atoms with Crippen molar-refractivity contribution in [1.29, 1.82) is 0 Å². The quantitative estimate of drug-likeness (QED) is 0.688. The fraction of sp³-hybridized carbons (Fsp3) is 0.500. The Morgan fingerprint density at radius 2 is 2.54 bits per heavy atom. The highest BCUT2D eigenvalue weighted by Gasteiger charge is 2.09. The average molecular weight is 183 g/mol. The zero-order valence-corrected chi connectivity index (χ0v) is 7.69. The van der Waals surface area contributed by atoms with Gasteiger partial charge in [0, 0.05) is 19.8 Å². The number of carboxylic acid groups (broad SMARTS) is 1. The topological polar surface area (TPSA) is 67.2 Å². The van der Waals surface area contributed by atoms with Crippen molar-refractivity contribution in [3.63, 3.8) is 0 Å². The fourth-order valence-electron chi connectivity index (χ4n) is 0.902. The third kappa shape index (κ3) is 2.87. The standard InChI is InChI=1S/C8H13N3O2/c1-6(8(12)13)9-5-7-3-4-11(2)10-7/h3-4,6,9H,5H2,1-2H3,(H,12,13). The van der Waals surface area contributed by atoms with Crippen LogP contribution in [0.5, 0.6) is 0 Å². The van der Waals surface area contributed by atoms with Crippen LogP contribution < -0.4 is 5.32 Å². The van der Waals surface area contributed by atoms with Gasteiger partial charge in [-0.1, -0.05) is 0 Å². The second kappa shape index (κ2) is 4.04. The summed E-state index contributed by atoms with van der Waals surface area (Å²) in [6.07, 6.45) is 1.82. The molecule has 0 saturated carbocycles. The predicted molar refractivity (Wildman–Crippen MR) is 47.1 cm³/mol.